The second kappa shape index (κ2) is 12.7. The van der Waals surface area contributed by atoms with Crippen LogP contribution >= 0.6 is 11.6 Å². The van der Waals surface area contributed by atoms with Crippen LogP contribution in [0.3, 0.4) is 0 Å². The van der Waals surface area contributed by atoms with Crippen LogP contribution in [0.4, 0.5) is 9.59 Å². The summed E-state index contributed by atoms with van der Waals surface area (Å²) in [5.74, 6) is 1.48. The third kappa shape index (κ3) is 7.23. The van der Waals surface area contributed by atoms with Crippen LogP contribution < -0.4 is 0 Å². The van der Waals surface area contributed by atoms with E-state index in [0.29, 0.717) is 23.2 Å². The molecular weight excluding hydrogens is 680 g/mol. The third-order valence-electron chi connectivity index (χ3n) is 9.52. The average molecular weight is 727 g/mol. The topological polar surface area (TPSA) is 116 Å². The number of rotatable bonds is 4. The standard InChI is InChI=1S/C39H47ClN6O4Si/c1-38(2,3)49-36(47)45-19-9-10-29(45)34-42-31(33(40)44-34)24-13-11-23(12-14-24)25-15-17-27-26(20-25)16-18-28-32(27)43-35(41-28)30-21-51(7,8)22-46(30)37(48)50-39(4,5)6/h11-18,20,29-30H,9-10,19,21-22H2,1-8H3,(H,41,43)(H,42,44)/t29-,30+/m0/s1. The Morgan fingerprint density at radius 2 is 1.43 bits per heavy atom. The van der Waals surface area contributed by atoms with Gasteiger partial charge in [-0.3, -0.25) is 4.90 Å². The molecule has 2 amide bonds. The van der Waals surface area contributed by atoms with Crippen molar-refractivity contribution < 1.29 is 19.1 Å². The number of imidazole rings is 2. The number of hydrogen-bond donors (Lipinski definition) is 2. The predicted octanol–water partition coefficient (Wildman–Crippen LogP) is 10.0. The van der Waals surface area contributed by atoms with Crippen molar-refractivity contribution in [3.8, 4) is 22.4 Å². The van der Waals surface area contributed by atoms with Crippen molar-refractivity contribution in [1.82, 2.24) is 29.7 Å². The lowest BCUT2D eigenvalue weighted by Crippen LogP contribution is -2.39. The molecule has 12 heteroatoms. The van der Waals surface area contributed by atoms with Gasteiger partial charge in [0.15, 0.2) is 0 Å². The molecule has 268 valence electrons. The van der Waals surface area contributed by atoms with Gasteiger partial charge in [-0.2, -0.15) is 0 Å². The maximum atomic E-state index is 13.2. The fourth-order valence-electron chi connectivity index (χ4n) is 7.31. The molecule has 10 nitrogen and oxygen atoms in total. The lowest BCUT2D eigenvalue weighted by Gasteiger charge is -2.28. The molecule has 0 radical (unpaired) electrons. The Bertz CT molecular complexity index is 2130. The summed E-state index contributed by atoms with van der Waals surface area (Å²) in [6.45, 7) is 16.6. The van der Waals surface area contributed by atoms with Crippen molar-refractivity contribution in [2.45, 2.75) is 96.8 Å². The summed E-state index contributed by atoms with van der Waals surface area (Å²) in [7, 11) is -1.65. The van der Waals surface area contributed by atoms with Gasteiger partial charge in [-0.05, 0) is 89.1 Å². The van der Waals surface area contributed by atoms with Gasteiger partial charge in [-0.25, -0.2) is 19.6 Å². The molecule has 0 bridgehead atoms. The molecule has 0 aliphatic carbocycles. The first kappa shape index (κ1) is 35.1. The summed E-state index contributed by atoms with van der Waals surface area (Å²) in [4.78, 5) is 46.5. The highest BCUT2D eigenvalue weighted by Crippen LogP contribution is 2.40. The summed E-state index contributed by atoms with van der Waals surface area (Å²) < 4.78 is 11.4. The minimum Gasteiger partial charge on any atom is -0.444 e. The molecule has 2 fully saturated rings. The van der Waals surface area contributed by atoms with Gasteiger partial charge in [0, 0.05) is 23.7 Å². The van der Waals surface area contributed by atoms with Gasteiger partial charge in [0.2, 0.25) is 0 Å². The summed E-state index contributed by atoms with van der Waals surface area (Å²) in [5, 5.41) is 2.58. The van der Waals surface area contributed by atoms with Crippen LogP contribution in [0.25, 0.3) is 44.2 Å². The molecule has 0 spiro atoms. The zero-order chi connectivity index (χ0) is 36.5. The van der Waals surface area contributed by atoms with Crippen LogP contribution in [0.15, 0.2) is 54.6 Å². The Balaban J connectivity index is 1.12. The number of carbonyl (C=O) groups excluding carboxylic acids is 2. The number of amides is 2. The summed E-state index contributed by atoms with van der Waals surface area (Å²) in [6.07, 6.45) is 1.79. The van der Waals surface area contributed by atoms with Crippen molar-refractivity contribution in [2.24, 2.45) is 0 Å². The van der Waals surface area contributed by atoms with Crippen molar-refractivity contribution in [1.29, 1.82) is 0 Å². The van der Waals surface area contributed by atoms with Gasteiger partial charge in [-0.15, -0.1) is 0 Å². The van der Waals surface area contributed by atoms with Gasteiger partial charge < -0.3 is 24.3 Å². The van der Waals surface area contributed by atoms with E-state index in [-0.39, 0.29) is 24.3 Å². The molecule has 2 aliphatic heterocycles. The Kier molecular flexibility index (Phi) is 8.73. The number of benzene rings is 3. The van der Waals surface area contributed by atoms with Crippen molar-refractivity contribution >= 4 is 53.7 Å². The largest absolute Gasteiger partial charge is 0.444 e. The number of fused-ring (bicyclic) bond motifs is 3. The molecule has 2 aliphatic rings. The van der Waals surface area contributed by atoms with E-state index in [0.717, 1.165) is 69.4 Å². The Morgan fingerprint density at radius 1 is 0.804 bits per heavy atom. The van der Waals surface area contributed by atoms with E-state index >= 15 is 0 Å². The Hall–Kier alpha value is -4.35. The number of carbonyl (C=O) groups is 2. The van der Waals surface area contributed by atoms with Crippen LogP contribution in [0.5, 0.6) is 0 Å². The van der Waals surface area contributed by atoms with Gasteiger partial charge in [0.25, 0.3) is 0 Å². The zero-order valence-corrected chi connectivity index (χ0v) is 32.4. The molecule has 7 rings (SSSR count). The number of ether oxygens (including phenoxy) is 2. The molecule has 2 atom stereocenters. The molecule has 4 heterocycles. The molecular formula is C39H47ClN6O4Si. The van der Waals surface area contributed by atoms with Crippen molar-refractivity contribution in [2.75, 3.05) is 12.7 Å². The Morgan fingerprint density at radius 3 is 2.12 bits per heavy atom. The molecule has 2 aromatic heterocycles. The normalized spacial score (nSPS) is 19.3. The van der Waals surface area contributed by atoms with Crippen LogP contribution in [0.2, 0.25) is 24.3 Å². The highest BCUT2D eigenvalue weighted by molar-refractivity contribution is 6.78. The monoisotopic (exact) mass is 726 g/mol. The van der Waals surface area contributed by atoms with E-state index < -0.39 is 19.3 Å². The number of likely N-dealkylation sites (tertiary alicyclic amines) is 1. The minimum absolute atomic E-state index is 0.136. The second-order valence-corrected chi connectivity index (χ2v) is 22.1. The van der Waals surface area contributed by atoms with E-state index in [1.807, 2.05) is 58.6 Å². The first-order valence-corrected chi connectivity index (χ1v) is 21.5. The molecule has 0 unspecified atom stereocenters. The predicted molar refractivity (Wildman–Crippen MR) is 205 cm³/mol. The fraction of sp³-hybridized carbons (Fsp3) is 0.436. The summed E-state index contributed by atoms with van der Waals surface area (Å²) in [5.41, 5.74) is 4.41. The van der Waals surface area contributed by atoms with E-state index in [4.69, 9.17) is 31.0 Å². The molecule has 2 N–H and O–H groups in total. The number of hydrogen-bond acceptors (Lipinski definition) is 6. The summed E-state index contributed by atoms with van der Waals surface area (Å²) in [6, 6.07) is 19.4. The van der Waals surface area contributed by atoms with Crippen LogP contribution in [0.1, 0.15) is 78.1 Å². The van der Waals surface area contributed by atoms with E-state index in [9.17, 15) is 9.59 Å². The maximum Gasteiger partial charge on any atom is 0.410 e. The lowest BCUT2D eigenvalue weighted by molar-refractivity contribution is 0.0212. The highest BCUT2D eigenvalue weighted by atomic mass is 35.5. The molecule has 51 heavy (non-hydrogen) atoms. The number of aromatic nitrogens is 4. The number of aromatic amines is 2. The van der Waals surface area contributed by atoms with E-state index in [1.165, 1.54) is 0 Å². The van der Waals surface area contributed by atoms with Gasteiger partial charge >= 0.3 is 12.2 Å². The average Bonchev–Trinajstić information content (AvgIpc) is 3.83. The summed E-state index contributed by atoms with van der Waals surface area (Å²) >= 11 is 6.68. The smallest absolute Gasteiger partial charge is 0.410 e. The molecule has 5 aromatic rings. The van der Waals surface area contributed by atoms with Gasteiger partial charge in [0.1, 0.15) is 33.7 Å². The first-order valence-electron chi connectivity index (χ1n) is 17.7. The van der Waals surface area contributed by atoms with Gasteiger partial charge in [-0.1, -0.05) is 67.2 Å². The zero-order valence-electron chi connectivity index (χ0n) is 30.7. The molecule has 0 saturated carbocycles. The highest BCUT2D eigenvalue weighted by Gasteiger charge is 2.45. The van der Waals surface area contributed by atoms with Crippen molar-refractivity contribution in [3.63, 3.8) is 0 Å². The number of nitrogens with zero attached hydrogens (tertiary/aromatic N) is 4. The van der Waals surface area contributed by atoms with E-state index in [2.05, 4.69) is 65.5 Å². The van der Waals surface area contributed by atoms with Gasteiger partial charge in [0.05, 0.1) is 31.2 Å². The fourth-order valence-corrected chi connectivity index (χ4v) is 10.4. The first-order chi connectivity index (χ1) is 23.9. The lowest BCUT2D eigenvalue weighted by atomic mass is 9.99. The maximum absolute atomic E-state index is 13.2. The molecule has 2 saturated heterocycles. The quantitative estimate of drug-likeness (QED) is 0.178. The van der Waals surface area contributed by atoms with E-state index in [1.54, 1.807) is 4.90 Å². The Labute approximate surface area is 304 Å². The third-order valence-corrected chi connectivity index (χ3v) is 12.5. The number of nitrogens with one attached hydrogen (secondary N) is 2. The van der Waals surface area contributed by atoms with Crippen LogP contribution in [-0.2, 0) is 9.47 Å². The SMILES string of the molecule is CC(C)(C)OC(=O)N1C[Si](C)(C)C[C@@H]1c1nc2c(ccc3cc(-c4ccc(-c5nc([C@@H]6CCCN6C(=O)OC(C)(C)C)[nH]c5Cl)cc4)ccc32)[nH]1. The number of H-pyrrole nitrogens is 2. The minimum atomic E-state index is -1.65. The second-order valence-electron chi connectivity index (χ2n) is 16.7. The molecule has 3 aromatic carbocycles. The van der Waals surface area contributed by atoms with Crippen LogP contribution in [0, 0.1) is 0 Å². The number of halogens is 1. The van der Waals surface area contributed by atoms with Crippen LogP contribution in [-0.4, -0.2) is 73.9 Å². The van der Waals surface area contributed by atoms with Crippen molar-refractivity contribution in [3.05, 3.63) is 71.4 Å².